The van der Waals surface area contributed by atoms with Crippen molar-refractivity contribution in [1.29, 1.82) is 0 Å². The zero-order chi connectivity index (χ0) is 22.3. The number of aliphatic imine (C=N–C) groups is 1. The van der Waals surface area contributed by atoms with E-state index in [9.17, 15) is 13.2 Å². The van der Waals surface area contributed by atoms with E-state index in [4.69, 9.17) is 4.74 Å². The number of hydrogen-bond acceptors (Lipinski definition) is 6. The van der Waals surface area contributed by atoms with Gasteiger partial charge in [0.1, 0.15) is 17.6 Å². The molecule has 3 aliphatic heterocycles. The summed E-state index contributed by atoms with van der Waals surface area (Å²) in [5.74, 6) is 1.14. The monoisotopic (exact) mass is 454 g/mol. The minimum Gasteiger partial charge on any atom is -0.493 e. The predicted molar refractivity (Wildman–Crippen MR) is 120 cm³/mol. The maximum Gasteiger partial charge on any atom is 0.263 e. The van der Waals surface area contributed by atoms with Gasteiger partial charge in [-0.3, -0.25) is 19.4 Å². The second-order valence-corrected chi connectivity index (χ2v) is 10.0. The smallest absolute Gasteiger partial charge is 0.263 e. The lowest BCUT2D eigenvalue weighted by Gasteiger charge is -2.35. The average Bonchev–Trinajstić information content (AvgIpc) is 3.36. The van der Waals surface area contributed by atoms with Crippen LogP contribution in [0.2, 0.25) is 0 Å². The fourth-order valence-electron chi connectivity index (χ4n) is 4.47. The molecule has 3 aliphatic rings. The number of hydrogen-bond donors (Lipinski definition) is 1. The van der Waals surface area contributed by atoms with Gasteiger partial charge in [-0.1, -0.05) is 24.3 Å². The Morgan fingerprint density at radius 3 is 2.75 bits per heavy atom. The third-order valence-electron chi connectivity index (χ3n) is 6.19. The Balaban J connectivity index is 1.20. The summed E-state index contributed by atoms with van der Waals surface area (Å²) in [5, 5.41) is 0. The van der Waals surface area contributed by atoms with Crippen LogP contribution in [0.5, 0.6) is 5.75 Å². The van der Waals surface area contributed by atoms with E-state index in [1.54, 1.807) is 31.2 Å². The summed E-state index contributed by atoms with van der Waals surface area (Å²) < 4.78 is 32.6. The standard InChI is InChI=1S/C23H26N4O4S/c1-16(24-22-19-4-2-3-5-21(19)32(29,30)25-22)23(28)27-11-9-26(10-12-27)15-17-6-7-20-18(14-17)8-13-31-20/h2-7,14,16H,8-13,15H2,1H3,(H,24,25)/t16-/m1/s1. The molecular formula is C23H26N4O4S. The molecule has 32 heavy (non-hydrogen) atoms. The van der Waals surface area contributed by atoms with E-state index in [1.165, 1.54) is 11.1 Å². The van der Waals surface area contributed by atoms with Crippen LogP contribution in [0.4, 0.5) is 0 Å². The number of rotatable bonds is 4. The SMILES string of the molecule is C[C@@H](N=C1NS(=O)(=O)c2ccccc21)C(=O)N1CCN(Cc2ccc3c(c2)CCO3)CC1. The van der Waals surface area contributed by atoms with Crippen LogP contribution in [0.1, 0.15) is 23.6 Å². The van der Waals surface area contributed by atoms with Crippen molar-refractivity contribution in [2.75, 3.05) is 32.8 Å². The quantitative estimate of drug-likeness (QED) is 0.754. The van der Waals surface area contributed by atoms with Crippen molar-refractivity contribution < 1.29 is 17.9 Å². The minimum absolute atomic E-state index is 0.0876. The number of nitrogens with zero attached hydrogens (tertiary/aromatic N) is 3. The summed E-state index contributed by atoms with van der Waals surface area (Å²) in [6.45, 7) is 6.16. The van der Waals surface area contributed by atoms with Crippen molar-refractivity contribution >= 4 is 21.8 Å². The Bertz CT molecular complexity index is 1190. The molecule has 1 amide bonds. The molecular weight excluding hydrogens is 428 g/mol. The van der Waals surface area contributed by atoms with Crippen LogP contribution in [0.25, 0.3) is 0 Å². The van der Waals surface area contributed by atoms with Gasteiger partial charge in [-0.25, -0.2) is 8.42 Å². The summed E-state index contributed by atoms with van der Waals surface area (Å²) in [5.41, 5.74) is 3.05. The average molecular weight is 455 g/mol. The van der Waals surface area contributed by atoms with Gasteiger partial charge in [0.15, 0.2) is 0 Å². The van der Waals surface area contributed by atoms with Crippen LogP contribution < -0.4 is 9.46 Å². The van der Waals surface area contributed by atoms with Gasteiger partial charge in [0, 0.05) is 44.7 Å². The van der Waals surface area contributed by atoms with Crippen LogP contribution in [-0.4, -0.2) is 68.8 Å². The minimum atomic E-state index is -3.61. The Hall–Kier alpha value is -2.91. The normalized spacial score (nSPS) is 21.5. The molecule has 0 unspecified atom stereocenters. The molecule has 0 spiro atoms. The van der Waals surface area contributed by atoms with E-state index in [-0.39, 0.29) is 16.6 Å². The first-order valence-corrected chi connectivity index (χ1v) is 12.3. The first-order chi connectivity index (χ1) is 15.4. The summed E-state index contributed by atoms with van der Waals surface area (Å²) in [6.07, 6.45) is 0.965. The molecule has 1 N–H and O–H groups in total. The molecule has 5 rings (SSSR count). The highest BCUT2D eigenvalue weighted by atomic mass is 32.2. The molecule has 1 atom stereocenters. The van der Waals surface area contributed by atoms with Crippen LogP contribution in [0, 0.1) is 0 Å². The third-order valence-corrected chi connectivity index (χ3v) is 7.58. The molecule has 0 aromatic heterocycles. The number of nitrogens with one attached hydrogen (secondary N) is 1. The van der Waals surface area contributed by atoms with Gasteiger partial charge in [0.05, 0.1) is 11.5 Å². The van der Waals surface area contributed by atoms with Crippen LogP contribution in [0.15, 0.2) is 52.4 Å². The number of carbonyl (C=O) groups is 1. The second-order valence-electron chi connectivity index (χ2n) is 8.40. The molecule has 2 aromatic carbocycles. The number of ether oxygens (including phenoxy) is 1. The fourth-order valence-corrected chi connectivity index (χ4v) is 5.70. The lowest BCUT2D eigenvalue weighted by Crippen LogP contribution is -2.50. The number of sulfonamides is 1. The van der Waals surface area contributed by atoms with Crippen molar-refractivity contribution in [2.24, 2.45) is 4.99 Å². The van der Waals surface area contributed by atoms with Crippen molar-refractivity contribution in [3.05, 3.63) is 59.2 Å². The zero-order valence-electron chi connectivity index (χ0n) is 18.0. The van der Waals surface area contributed by atoms with Gasteiger partial charge in [-0.05, 0) is 36.2 Å². The van der Waals surface area contributed by atoms with Gasteiger partial charge >= 0.3 is 0 Å². The van der Waals surface area contributed by atoms with Gasteiger partial charge < -0.3 is 9.64 Å². The summed E-state index contributed by atoms with van der Waals surface area (Å²) in [4.78, 5) is 21.7. The molecule has 0 bridgehead atoms. The maximum atomic E-state index is 13.0. The summed E-state index contributed by atoms with van der Waals surface area (Å²) >= 11 is 0. The summed E-state index contributed by atoms with van der Waals surface area (Å²) in [6, 6.07) is 12.4. The van der Waals surface area contributed by atoms with Crippen molar-refractivity contribution in [1.82, 2.24) is 14.5 Å². The lowest BCUT2D eigenvalue weighted by atomic mass is 10.1. The molecule has 8 nitrogen and oxygen atoms in total. The number of benzene rings is 2. The van der Waals surface area contributed by atoms with E-state index in [1.807, 2.05) is 11.0 Å². The fraction of sp³-hybridized carbons (Fsp3) is 0.391. The Morgan fingerprint density at radius 1 is 1.16 bits per heavy atom. The number of carbonyl (C=O) groups excluding carboxylic acids is 1. The molecule has 1 saturated heterocycles. The largest absolute Gasteiger partial charge is 0.493 e. The molecule has 9 heteroatoms. The van der Waals surface area contributed by atoms with Gasteiger partial charge in [0.2, 0.25) is 5.91 Å². The Kier molecular flexibility index (Phi) is 5.38. The first-order valence-electron chi connectivity index (χ1n) is 10.9. The molecule has 0 aliphatic carbocycles. The topological polar surface area (TPSA) is 91.3 Å². The maximum absolute atomic E-state index is 13.0. The van der Waals surface area contributed by atoms with Crippen LogP contribution in [-0.2, 0) is 27.8 Å². The van der Waals surface area contributed by atoms with E-state index in [2.05, 4.69) is 26.7 Å². The zero-order valence-corrected chi connectivity index (χ0v) is 18.8. The molecule has 3 heterocycles. The van der Waals surface area contributed by atoms with Gasteiger partial charge in [-0.2, -0.15) is 0 Å². The third kappa shape index (κ3) is 3.98. The number of amidine groups is 1. The van der Waals surface area contributed by atoms with Gasteiger partial charge in [0.25, 0.3) is 10.0 Å². The highest BCUT2D eigenvalue weighted by Gasteiger charge is 2.32. The lowest BCUT2D eigenvalue weighted by molar-refractivity contribution is -0.133. The number of piperazine rings is 1. The number of fused-ring (bicyclic) bond motifs is 2. The van der Waals surface area contributed by atoms with Crippen molar-refractivity contribution in [3.8, 4) is 5.75 Å². The summed E-state index contributed by atoms with van der Waals surface area (Å²) in [7, 11) is -3.61. The van der Waals surface area contributed by atoms with E-state index < -0.39 is 16.1 Å². The van der Waals surface area contributed by atoms with E-state index in [0.29, 0.717) is 18.7 Å². The molecule has 168 valence electrons. The van der Waals surface area contributed by atoms with Crippen LogP contribution in [0.3, 0.4) is 0 Å². The second kappa shape index (κ2) is 8.22. The van der Waals surface area contributed by atoms with E-state index in [0.717, 1.165) is 38.4 Å². The van der Waals surface area contributed by atoms with Gasteiger partial charge in [-0.15, -0.1) is 0 Å². The van der Waals surface area contributed by atoms with Crippen molar-refractivity contribution in [3.63, 3.8) is 0 Å². The van der Waals surface area contributed by atoms with Crippen molar-refractivity contribution in [2.45, 2.75) is 30.8 Å². The highest BCUT2D eigenvalue weighted by molar-refractivity contribution is 7.90. The Labute approximate surface area is 187 Å². The van der Waals surface area contributed by atoms with Crippen LogP contribution >= 0.6 is 0 Å². The van der Waals surface area contributed by atoms with E-state index >= 15 is 0 Å². The first kappa shape index (κ1) is 21.0. The Morgan fingerprint density at radius 2 is 1.94 bits per heavy atom. The highest BCUT2D eigenvalue weighted by Crippen LogP contribution is 2.27. The molecule has 0 radical (unpaired) electrons. The predicted octanol–water partition coefficient (Wildman–Crippen LogP) is 1.39. The molecule has 2 aromatic rings. The number of amides is 1. The molecule has 0 saturated carbocycles. The molecule has 1 fully saturated rings.